The summed E-state index contributed by atoms with van der Waals surface area (Å²) in [5.74, 6) is 0.236. The maximum absolute atomic E-state index is 11.5. The lowest BCUT2D eigenvalue weighted by atomic mass is 10.1. The van der Waals surface area contributed by atoms with Crippen LogP contribution < -0.4 is 20.5 Å². The van der Waals surface area contributed by atoms with Gasteiger partial charge in [-0.25, -0.2) is 9.97 Å². The standard InChI is InChI=1S/C16H18N4O4/c1-23-13-7-10-12(6-11(13)15(17)22)18-8-19-16(10)24-5-4-9-2-3-14(21)20-9/h6-9H,2-5H2,1H3,(H2,17,22)(H,20,21)/t9-/m0/s1. The second kappa shape index (κ2) is 6.69. The van der Waals surface area contributed by atoms with Gasteiger partial charge in [-0.05, 0) is 18.6 Å². The van der Waals surface area contributed by atoms with Crippen molar-refractivity contribution in [2.75, 3.05) is 13.7 Å². The van der Waals surface area contributed by atoms with Crippen molar-refractivity contribution in [3.63, 3.8) is 0 Å². The molecule has 8 heteroatoms. The van der Waals surface area contributed by atoms with Crippen molar-refractivity contribution in [2.45, 2.75) is 25.3 Å². The van der Waals surface area contributed by atoms with E-state index in [0.717, 1.165) is 6.42 Å². The van der Waals surface area contributed by atoms with E-state index in [4.69, 9.17) is 15.2 Å². The predicted molar refractivity (Wildman–Crippen MR) is 85.9 cm³/mol. The molecule has 0 saturated carbocycles. The molecule has 2 amide bonds. The molecule has 8 nitrogen and oxygen atoms in total. The Bertz CT molecular complexity index is 793. The average molecular weight is 330 g/mol. The number of nitrogens with two attached hydrogens (primary N) is 1. The Hall–Kier alpha value is -2.90. The highest BCUT2D eigenvalue weighted by Gasteiger charge is 2.20. The number of nitrogens with zero attached hydrogens (tertiary/aromatic N) is 2. The van der Waals surface area contributed by atoms with Gasteiger partial charge in [0.25, 0.3) is 5.91 Å². The Labute approximate surface area is 138 Å². The fourth-order valence-corrected chi connectivity index (χ4v) is 2.73. The van der Waals surface area contributed by atoms with E-state index in [0.29, 0.717) is 42.0 Å². The van der Waals surface area contributed by atoms with E-state index in [2.05, 4.69) is 15.3 Å². The number of carbonyl (C=O) groups excluding carboxylic acids is 2. The number of nitrogens with one attached hydrogen (secondary N) is 1. The largest absolute Gasteiger partial charge is 0.496 e. The topological polar surface area (TPSA) is 116 Å². The van der Waals surface area contributed by atoms with Crippen LogP contribution in [0.1, 0.15) is 29.6 Å². The lowest BCUT2D eigenvalue weighted by Crippen LogP contribution is -2.26. The van der Waals surface area contributed by atoms with Crippen molar-refractivity contribution in [2.24, 2.45) is 5.73 Å². The summed E-state index contributed by atoms with van der Waals surface area (Å²) in [7, 11) is 1.46. The van der Waals surface area contributed by atoms with Crippen molar-refractivity contribution >= 4 is 22.7 Å². The van der Waals surface area contributed by atoms with E-state index >= 15 is 0 Å². The summed E-state index contributed by atoms with van der Waals surface area (Å²) in [6.07, 6.45) is 3.46. The number of primary amides is 1. The van der Waals surface area contributed by atoms with E-state index in [1.165, 1.54) is 13.4 Å². The minimum Gasteiger partial charge on any atom is -0.496 e. The first kappa shape index (κ1) is 16.0. The van der Waals surface area contributed by atoms with Crippen LogP contribution in [0.5, 0.6) is 11.6 Å². The van der Waals surface area contributed by atoms with Crippen LogP contribution in [-0.2, 0) is 4.79 Å². The van der Waals surface area contributed by atoms with Gasteiger partial charge in [0.15, 0.2) is 0 Å². The molecule has 0 bridgehead atoms. The summed E-state index contributed by atoms with van der Waals surface area (Å²) in [5, 5.41) is 3.53. The van der Waals surface area contributed by atoms with Gasteiger partial charge in [-0.2, -0.15) is 0 Å². The number of fused-ring (bicyclic) bond motifs is 1. The molecule has 126 valence electrons. The second-order valence-electron chi connectivity index (χ2n) is 5.55. The highest BCUT2D eigenvalue weighted by molar-refractivity contribution is 6.00. The van der Waals surface area contributed by atoms with Crippen molar-refractivity contribution in [1.29, 1.82) is 0 Å². The maximum atomic E-state index is 11.5. The molecule has 24 heavy (non-hydrogen) atoms. The van der Waals surface area contributed by atoms with Crippen LogP contribution >= 0.6 is 0 Å². The summed E-state index contributed by atoms with van der Waals surface area (Å²) in [5.41, 5.74) is 6.15. The lowest BCUT2D eigenvalue weighted by molar-refractivity contribution is -0.119. The SMILES string of the molecule is COc1cc2c(OCC[C@@H]3CCC(=O)N3)ncnc2cc1C(N)=O. The van der Waals surface area contributed by atoms with E-state index < -0.39 is 5.91 Å². The number of amides is 2. The summed E-state index contributed by atoms with van der Waals surface area (Å²) < 4.78 is 11.0. The molecular formula is C16H18N4O4. The predicted octanol–water partition coefficient (Wildman–Crippen LogP) is 0.785. The van der Waals surface area contributed by atoms with Gasteiger partial charge in [-0.1, -0.05) is 0 Å². The molecule has 3 rings (SSSR count). The Morgan fingerprint density at radius 1 is 1.42 bits per heavy atom. The number of hydrogen-bond acceptors (Lipinski definition) is 6. The van der Waals surface area contributed by atoms with E-state index in [-0.39, 0.29) is 17.5 Å². The van der Waals surface area contributed by atoms with Crippen LogP contribution in [0.4, 0.5) is 0 Å². The fraction of sp³-hybridized carbons (Fsp3) is 0.375. The van der Waals surface area contributed by atoms with Crippen LogP contribution in [0.3, 0.4) is 0 Å². The van der Waals surface area contributed by atoms with Crippen LogP contribution in [0.25, 0.3) is 10.9 Å². The highest BCUT2D eigenvalue weighted by Crippen LogP contribution is 2.29. The normalized spacial score (nSPS) is 16.9. The van der Waals surface area contributed by atoms with Crippen LogP contribution in [-0.4, -0.2) is 41.5 Å². The zero-order valence-corrected chi connectivity index (χ0v) is 13.2. The third-order valence-electron chi connectivity index (χ3n) is 3.98. The molecule has 2 heterocycles. The zero-order valence-electron chi connectivity index (χ0n) is 13.2. The van der Waals surface area contributed by atoms with E-state index in [9.17, 15) is 9.59 Å². The first-order chi connectivity index (χ1) is 11.6. The molecule has 1 aromatic heterocycles. The van der Waals surface area contributed by atoms with E-state index in [1.807, 2.05) is 0 Å². The van der Waals surface area contributed by atoms with Crippen molar-refractivity contribution < 1.29 is 19.1 Å². The summed E-state index contributed by atoms with van der Waals surface area (Å²) in [6.45, 7) is 0.414. The molecule has 0 radical (unpaired) electrons. The molecule has 1 aliphatic heterocycles. The first-order valence-corrected chi connectivity index (χ1v) is 7.63. The summed E-state index contributed by atoms with van der Waals surface area (Å²) in [4.78, 5) is 31.0. The highest BCUT2D eigenvalue weighted by atomic mass is 16.5. The Morgan fingerprint density at radius 2 is 2.25 bits per heavy atom. The minimum absolute atomic E-state index is 0.0798. The van der Waals surface area contributed by atoms with Gasteiger partial charge in [0.2, 0.25) is 11.8 Å². The molecule has 0 aliphatic carbocycles. The van der Waals surface area contributed by atoms with Crippen molar-refractivity contribution in [1.82, 2.24) is 15.3 Å². The molecule has 1 aliphatic rings. The number of ether oxygens (including phenoxy) is 2. The Balaban J connectivity index is 1.80. The number of aromatic nitrogens is 2. The second-order valence-corrected chi connectivity index (χ2v) is 5.55. The summed E-state index contributed by atoms with van der Waals surface area (Å²) >= 11 is 0. The third kappa shape index (κ3) is 3.22. The summed E-state index contributed by atoms with van der Waals surface area (Å²) in [6, 6.07) is 3.34. The lowest BCUT2D eigenvalue weighted by Gasteiger charge is -2.13. The molecule has 1 aromatic carbocycles. The van der Waals surface area contributed by atoms with Gasteiger partial charge in [-0.15, -0.1) is 0 Å². The quantitative estimate of drug-likeness (QED) is 0.808. The monoisotopic (exact) mass is 330 g/mol. The molecule has 1 fully saturated rings. The minimum atomic E-state index is -0.591. The number of methoxy groups -OCH3 is 1. The van der Waals surface area contributed by atoms with Crippen LogP contribution in [0, 0.1) is 0 Å². The zero-order chi connectivity index (χ0) is 17.1. The van der Waals surface area contributed by atoms with Crippen LogP contribution in [0.2, 0.25) is 0 Å². The average Bonchev–Trinajstić information content (AvgIpc) is 2.99. The fourth-order valence-electron chi connectivity index (χ4n) is 2.73. The number of carbonyl (C=O) groups is 2. The molecule has 0 spiro atoms. The first-order valence-electron chi connectivity index (χ1n) is 7.63. The molecule has 1 saturated heterocycles. The number of rotatable bonds is 6. The van der Waals surface area contributed by atoms with Gasteiger partial charge in [0.1, 0.15) is 12.1 Å². The van der Waals surface area contributed by atoms with Gasteiger partial charge in [0.05, 0.1) is 30.2 Å². The van der Waals surface area contributed by atoms with Gasteiger partial charge >= 0.3 is 0 Å². The Kier molecular flexibility index (Phi) is 4.45. The molecule has 1 atom stereocenters. The molecule has 0 unspecified atom stereocenters. The Morgan fingerprint density at radius 3 is 2.92 bits per heavy atom. The van der Waals surface area contributed by atoms with Gasteiger partial charge in [-0.3, -0.25) is 9.59 Å². The maximum Gasteiger partial charge on any atom is 0.252 e. The van der Waals surface area contributed by atoms with Gasteiger partial charge in [0, 0.05) is 18.9 Å². The molecule has 3 N–H and O–H groups in total. The van der Waals surface area contributed by atoms with Crippen LogP contribution in [0.15, 0.2) is 18.5 Å². The number of benzene rings is 1. The molecule has 2 aromatic rings. The molecular weight excluding hydrogens is 312 g/mol. The third-order valence-corrected chi connectivity index (χ3v) is 3.98. The van der Waals surface area contributed by atoms with Crippen molar-refractivity contribution in [3.05, 3.63) is 24.0 Å². The number of hydrogen-bond donors (Lipinski definition) is 2. The smallest absolute Gasteiger partial charge is 0.252 e. The van der Waals surface area contributed by atoms with Gasteiger partial charge < -0.3 is 20.5 Å². The van der Waals surface area contributed by atoms with E-state index in [1.54, 1.807) is 12.1 Å². The van der Waals surface area contributed by atoms with Crippen molar-refractivity contribution in [3.8, 4) is 11.6 Å².